The minimum absolute atomic E-state index is 0.126. The number of amides is 2. The highest BCUT2D eigenvalue weighted by atomic mass is 16.7. The minimum Gasteiger partial charge on any atom is -0.454 e. The second-order valence-corrected chi connectivity index (χ2v) is 7.78. The van der Waals surface area contributed by atoms with Crippen LogP contribution >= 0.6 is 0 Å². The van der Waals surface area contributed by atoms with Crippen molar-refractivity contribution in [1.82, 2.24) is 9.88 Å². The van der Waals surface area contributed by atoms with Crippen LogP contribution in [0, 0.1) is 0 Å². The van der Waals surface area contributed by atoms with Crippen molar-refractivity contribution >= 4 is 22.6 Å². The SMILES string of the molecule is O=C(Nc1ccccc1)N(Cc1cc2cc3c(cc2[nH]c1=O)OCO3)C1CCCC1. The minimum atomic E-state index is -0.197. The van der Waals surface area contributed by atoms with Gasteiger partial charge in [0.2, 0.25) is 6.79 Å². The number of nitrogens with zero attached hydrogens (tertiary/aromatic N) is 1. The number of benzene rings is 2. The van der Waals surface area contributed by atoms with Gasteiger partial charge in [0.1, 0.15) is 0 Å². The Balaban J connectivity index is 1.45. The monoisotopic (exact) mass is 405 g/mol. The summed E-state index contributed by atoms with van der Waals surface area (Å²) in [5.41, 5.74) is 1.79. The summed E-state index contributed by atoms with van der Waals surface area (Å²) in [6, 6.07) is 14.8. The Hall–Kier alpha value is -3.48. The number of nitrogens with one attached hydrogen (secondary N) is 2. The van der Waals surface area contributed by atoms with Crippen molar-refractivity contribution < 1.29 is 14.3 Å². The summed E-state index contributed by atoms with van der Waals surface area (Å²) in [7, 11) is 0. The number of rotatable bonds is 4. The van der Waals surface area contributed by atoms with E-state index in [0.717, 1.165) is 36.8 Å². The number of aromatic amines is 1. The lowest BCUT2D eigenvalue weighted by Crippen LogP contribution is -2.42. The van der Waals surface area contributed by atoms with E-state index in [-0.39, 0.29) is 31.0 Å². The van der Waals surface area contributed by atoms with Crippen LogP contribution in [-0.4, -0.2) is 28.7 Å². The zero-order chi connectivity index (χ0) is 20.5. The van der Waals surface area contributed by atoms with Crippen LogP contribution in [0.4, 0.5) is 10.5 Å². The third-order valence-electron chi connectivity index (χ3n) is 5.81. The van der Waals surface area contributed by atoms with Gasteiger partial charge in [0, 0.05) is 28.7 Å². The van der Waals surface area contributed by atoms with Gasteiger partial charge in [-0.3, -0.25) is 4.79 Å². The average molecular weight is 405 g/mol. The molecule has 2 aromatic carbocycles. The maximum atomic E-state index is 13.1. The first-order chi connectivity index (χ1) is 14.7. The average Bonchev–Trinajstić information content (AvgIpc) is 3.43. The van der Waals surface area contributed by atoms with E-state index < -0.39 is 0 Å². The Kier molecular flexibility index (Phi) is 4.78. The maximum absolute atomic E-state index is 13.1. The van der Waals surface area contributed by atoms with Gasteiger partial charge in [-0.05, 0) is 37.1 Å². The Morgan fingerprint density at radius 3 is 2.57 bits per heavy atom. The number of carbonyl (C=O) groups excluding carboxylic acids is 1. The number of carbonyl (C=O) groups is 1. The Morgan fingerprint density at radius 1 is 1.07 bits per heavy atom. The first kappa shape index (κ1) is 18.5. The molecule has 154 valence electrons. The zero-order valence-electron chi connectivity index (χ0n) is 16.5. The molecule has 1 aliphatic heterocycles. The van der Waals surface area contributed by atoms with Crippen molar-refractivity contribution in [3.63, 3.8) is 0 Å². The molecule has 7 heteroatoms. The van der Waals surface area contributed by atoms with Crippen molar-refractivity contribution in [2.45, 2.75) is 38.3 Å². The van der Waals surface area contributed by atoms with E-state index in [4.69, 9.17) is 9.47 Å². The molecule has 0 bridgehead atoms. The number of pyridine rings is 1. The fraction of sp³-hybridized carbons (Fsp3) is 0.304. The molecule has 2 amide bonds. The number of hydrogen-bond donors (Lipinski definition) is 2. The molecule has 1 fully saturated rings. The number of urea groups is 1. The third kappa shape index (κ3) is 3.58. The summed E-state index contributed by atoms with van der Waals surface area (Å²) in [6.45, 7) is 0.431. The molecule has 3 aromatic rings. The molecule has 0 saturated heterocycles. The Labute approximate surface area is 173 Å². The van der Waals surface area contributed by atoms with Crippen LogP contribution in [0.25, 0.3) is 10.9 Å². The maximum Gasteiger partial charge on any atom is 0.322 e. The number of hydrogen-bond acceptors (Lipinski definition) is 4. The third-order valence-corrected chi connectivity index (χ3v) is 5.81. The topological polar surface area (TPSA) is 83.7 Å². The van der Waals surface area contributed by atoms with E-state index in [1.54, 1.807) is 11.0 Å². The normalized spacial score (nSPS) is 15.5. The molecule has 0 radical (unpaired) electrons. The van der Waals surface area contributed by atoms with Crippen molar-refractivity contribution in [1.29, 1.82) is 0 Å². The van der Waals surface area contributed by atoms with Gasteiger partial charge < -0.3 is 24.7 Å². The molecular weight excluding hydrogens is 382 g/mol. The molecular formula is C23H23N3O4. The molecule has 30 heavy (non-hydrogen) atoms. The van der Waals surface area contributed by atoms with Crippen molar-refractivity contribution in [3.8, 4) is 11.5 Å². The van der Waals surface area contributed by atoms with E-state index in [0.29, 0.717) is 22.6 Å². The van der Waals surface area contributed by atoms with Crippen molar-refractivity contribution in [3.05, 3.63) is 64.4 Å². The molecule has 2 heterocycles. The lowest BCUT2D eigenvalue weighted by atomic mass is 10.1. The second-order valence-electron chi connectivity index (χ2n) is 7.78. The van der Waals surface area contributed by atoms with Gasteiger partial charge in [-0.25, -0.2) is 4.79 Å². The highest BCUT2D eigenvalue weighted by Crippen LogP contribution is 2.35. The van der Waals surface area contributed by atoms with Crippen LogP contribution in [0.5, 0.6) is 11.5 Å². The summed E-state index contributed by atoms with van der Waals surface area (Å²) >= 11 is 0. The second kappa shape index (κ2) is 7.74. The lowest BCUT2D eigenvalue weighted by Gasteiger charge is -2.29. The molecule has 1 aliphatic carbocycles. The van der Waals surface area contributed by atoms with Gasteiger partial charge in [0.25, 0.3) is 5.56 Å². The first-order valence-electron chi connectivity index (χ1n) is 10.3. The summed E-state index contributed by atoms with van der Waals surface area (Å²) < 4.78 is 10.8. The van der Waals surface area contributed by atoms with E-state index in [9.17, 15) is 9.59 Å². The van der Waals surface area contributed by atoms with Crippen molar-refractivity contribution in [2.24, 2.45) is 0 Å². The number of ether oxygens (including phenoxy) is 2. The van der Waals surface area contributed by atoms with Gasteiger partial charge in [0.15, 0.2) is 11.5 Å². The molecule has 2 aliphatic rings. The quantitative estimate of drug-likeness (QED) is 0.680. The zero-order valence-corrected chi connectivity index (χ0v) is 16.5. The smallest absolute Gasteiger partial charge is 0.322 e. The molecule has 1 saturated carbocycles. The van der Waals surface area contributed by atoms with E-state index in [1.807, 2.05) is 42.5 Å². The first-order valence-corrected chi connectivity index (χ1v) is 10.3. The highest BCUT2D eigenvalue weighted by molar-refractivity contribution is 5.89. The summed E-state index contributed by atoms with van der Waals surface area (Å²) in [5, 5.41) is 3.82. The van der Waals surface area contributed by atoms with Crippen LogP contribution < -0.4 is 20.3 Å². The van der Waals surface area contributed by atoms with Crippen LogP contribution in [0.1, 0.15) is 31.2 Å². The number of H-pyrrole nitrogens is 1. The number of para-hydroxylation sites is 1. The molecule has 0 spiro atoms. The Morgan fingerprint density at radius 2 is 1.80 bits per heavy atom. The standard InChI is InChI=1S/C23H23N3O4/c27-22-16(10-15-11-20-21(30-14-29-20)12-19(15)25-22)13-26(18-8-4-5-9-18)23(28)24-17-6-2-1-3-7-17/h1-3,6-7,10-12,18H,4-5,8-9,13-14H2,(H,24,28)(H,25,27). The molecule has 1 aromatic heterocycles. The number of aromatic nitrogens is 1. The molecule has 0 atom stereocenters. The molecule has 5 rings (SSSR count). The van der Waals surface area contributed by atoms with Crippen LogP contribution in [-0.2, 0) is 6.54 Å². The predicted molar refractivity (Wildman–Crippen MR) is 114 cm³/mol. The summed E-state index contributed by atoms with van der Waals surface area (Å²) in [5.74, 6) is 1.29. The summed E-state index contributed by atoms with van der Waals surface area (Å²) in [4.78, 5) is 30.6. The van der Waals surface area contributed by atoms with Gasteiger partial charge in [0.05, 0.1) is 12.1 Å². The number of anilines is 1. The van der Waals surface area contributed by atoms with E-state index in [1.165, 1.54) is 0 Å². The van der Waals surface area contributed by atoms with Crippen LogP contribution in [0.15, 0.2) is 53.3 Å². The van der Waals surface area contributed by atoms with Gasteiger partial charge >= 0.3 is 6.03 Å². The summed E-state index contributed by atoms with van der Waals surface area (Å²) in [6.07, 6.45) is 4.09. The molecule has 7 nitrogen and oxygen atoms in total. The van der Waals surface area contributed by atoms with Gasteiger partial charge in [-0.15, -0.1) is 0 Å². The van der Waals surface area contributed by atoms with Gasteiger partial charge in [-0.1, -0.05) is 31.0 Å². The predicted octanol–water partition coefficient (Wildman–Crippen LogP) is 4.23. The van der Waals surface area contributed by atoms with E-state index in [2.05, 4.69) is 10.3 Å². The van der Waals surface area contributed by atoms with E-state index >= 15 is 0 Å². The Bertz CT molecular complexity index is 1140. The number of fused-ring (bicyclic) bond motifs is 2. The van der Waals surface area contributed by atoms with Gasteiger partial charge in [-0.2, -0.15) is 0 Å². The largest absolute Gasteiger partial charge is 0.454 e. The fourth-order valence-electron chi connectivity index (χ4n) is 4.24. The highest BCUT2D eigenvalue weighted by Gasteiger charge is 2.28. The lowest BCUT2D eigenvalue weighted by molar-refractivity contribution is 0.174. The molecule has 2 N–H and O–H groups in total. The van der Waals surface area contributed by atoms with Crippen LogP contribution in [0.3, 0.4) is 0 Å². The fourth-order valence-corrected chi connectivity index (χ4v) is 4.24. The van der Waals surface area contributed by atoms with Crippen LogP contribution in [0.2, 0.25) is 0 Å². The molecule has 0 unspecified atom stereocenters. The van der Waals surface area contributed by atoms with Crippen molar-refractivity contribution in [2.75, 3.05) is 12.1 Å².